The minimum Gasteiger partial charge on any atom is -0.338 e. The van der Waals surface area contributed by atoms with Gasteiger partial charge in [-0.1, -0.05) is 19.8 Å². The van der Waals surface area contributed by atoms with Crippen LogP contribution < -0.4 is 0 Å². The predicted octanol–water partition coefficient (Wildman–Crippen LogP) is 3.00. The number of amides is 1. The summed E-state index contributed by atoms with van der Waals surface area (Å²) in [5, 5.41) is 0. The zero-order chi connectivity index (χ0) is 14.2. The zero-order valence-corrected chi connectivity index (χ0v) is 13.8. The van der Waals surface area contributed by atoms with Gasteiger partial charge in [-0.25, -0.2) is 0 Å². The maximum atomic E-state index is 12.5. The minimum atomic E-state index is 0.399. The number of thioether (sulfide) groups is 1. The number of hydrogen-bond acceptors (Lipinski definition) is 3. The molecular weight excluding hydrogens is 268 g/mol. The first-order valence-corrected chi connectivity index (χ1v) is 9.56. The average molecular weight is 298 g/mol. The summed E-state index contributed by atoms with van der Waals surface area (Å²) in [7, 11) is 0. The topological polar surface area (TPSA) is 23.6 Å². The number of nitrogens with zero attached hydrogens (tertiary/aromatic N) is 2. The molecule has 2 aliphatic heterocycles. The molecule has 0 bridgehead atoms. The van der Waals surface area contributed by atoms with Crippen molar-refractivity contribution in [2.24, 2.45) is 0 Å². The Kier molecular flexibility index (Phi) is 7.22. The average Bonchev–Trinajstić information content (AvgIpc) is 2.71. The van der Waals surface area contributed by atoms with Gasteiger partial charge in [0, 0.05) is 25.3 Å². The van der Waals surface area contributed by atoms with E-state index in [1.165, 1.54) is 44.5 Å². The molecule has 2 rings (SSSR count). The third-order valence-corrected chi connectivity index (χ3v) is 5.62. The van der Waals surface area contributed by atoms with Crippen LogP contribution >= 0.6 is 11.8 Å². The molecule has 0 saturated carbocycles. The lowest BCUT2D eigenvalue weighted by Crippen LogP contribution is -2.49. The summed E-state index contributed by atoms with van der Waals surface area (Å²) < 4.78 is 0. The van der Waals surface area contributed by atoms with Crippen molar-refractivity contribution in [3.05, 3.63) is 0 Å². The number of likely N-dealkylation sites (tertiary alicyclic amines) is 1. The Morgan fingerprint density at radius 2 is 1.95 bits per heavy atom. The number of carbonyl (C=O) groups is 1. The van der Waals surface area contributed by atoms with Crippen molar-refractivity contribution in [2.45, 2.75) is 57.9 Å². The fourth-order valence-electron chi connectivity index (χ4n) is 3.22. The quantitative estimate of drug-likeness (QED) is 0.779. The molecule has 0 N–H and O–H groups in total. The highest BCUT2D eigenvalue weighted by atomic mass is 32.2. The van der Waals surface area contributed by atoms with Crippen molar-refractivity contribution in [2.75, 3.05) is 37.7 Å². The van der Waals surface area contributed by atoms with Gasteiger partial charge in [0.15, 0.2) is 0 Å². The molecule has 0 aliphatic carbocycles. The Hall–Kier alpha value is -0.220. The van der Waals surface area contributed by atoms with Gasteiger partial charge in [-0.15, -0.1) is 0 Å². The van der Waals surface area contributed by atoms with E-state index >= 15 is 0 Å². The SMILES string of the molecule is CCCCC(=O)N1CCCSCC1CN1CCCCC1. The molecule has 0 radical (unpaired) electrons. The van der Waals surface area contributed by atoms with E-state index in [4.69, 9.17) is 0 Å². The summed E-state index contributed by atoms with van der Waals surface area (Å²) in [6, 6.07) is 0.449. The maximum absolute atomic E-state index is 12.5. The van der Waals surface area contributed by atoms with Crippen LogP contribution in [0.1, 0.15) is 51.9 Å². The zero-order valence-electron chi connectivity index (χ0n) is 13.0. The lowest BCUT2D eigenvalue weighted by Gasteiger charge is -2.35. The highest BCUT2D eigenvalue weighted by molar-refractivity contribution is 7.99. The molecular formula is C16H30N2OS. The van der Waals surface area contributed by atoms with Crippen LogP contribution in [-0.4, -0.2) is 59.4 Å². The van der Waals surface area contributed by atoms with Gasteiger partial charge in [-0.2, -0.15) is 11.8 Å². The summed E-state index contributed by atoms with van der Waals surface area (Å²) in [6.07, 6.45) is 8.13. The number of rotatable bonds is 5. The summed E-state index contributed by atoms with van der Waals surface area (Å²) in [6.45, 7) is 6.71. The maximum Gasteiger partial charge on any atom is 0.222 e. The van der Waals surface area contributed by atoms with Crippen molar-refractivity contribution in [3.8, 4) is 0 Å². The lowest BCUT2D eigenvalue weighted by atomic mass is 10.1. The van der Waals surface area contributed by atoms with Gasteiger partial charge in [0.2, 0.25) is 5.91 Å². The molecule has 1 amide bonds. The lowest BCUT2D eigenvalue weighted by molar-refractivity contribution is -0.133. The molecule has 0 spiro atoms. The Bertz CT molecular complexity index is 292. The van der Waals surface area contributed by atoms with Gasteiger partial charge in [0.05, 0.1) is 6.04 Å². The van der Waals surface area contributed by atoms with Gasteiger partial charge in [-0.05, 0) is 44.5 Å². The van der Waals surface area contributed by atoms with E-state index in [9.17, 15) is 4.79 Å². The third-order valence-electron chi connectivity index (χ3n) is 4.42. The van der Waals surface area contributed by atoms with Crippen LogP contribution in [0.4, 0.5) is 0 Å². The van der Waals surface area contributed by atoms with Crippen molar-refractivity contribution >= 4 is 17.7 Å². The Balaban J connectivity index is 1.91. The summed E-state index contributed by atoms with van der Waals surface area (Å²) >= 11 is 2.04. The number of carbonyl (C=O) groups excluding carboxylic acids is 1. The first-order chi connectivity index (χ1) is 9.81. The van der Waals surface area contributed by atoms with Crippen molar-refractivity contribution < 1.29 is 4.79 Å². The third kappa shape index (κ3) is 4.96. The fourth-order valence-corrected chi connectivity index (χ4v) is 4.28. The Morgan fingerprint density at radius 1 is 1.15 bits per heavy atom. The highest BCUT2D eigenvalue weighted by Crippen LogP contribution is 2.20. The number of unbranched alkanes of at least 4 members (excludes halogenated alkanes) is 1. The largest absolute Gasteiger partial charge is 0.338 e. The smallest absolute Gasteiger partial charge is 0.222 e. The summed E-state index contributed by atoms with van der Waals surface area (Å²) in [5.74, 6) is 2.75. The first-order valence-electron chi connectivity index (χ1n) is 8.41. The molecule has 2 heterocycles. The van der Waals surface area contributed by atoms with Crippen molar-refractivity contribution in [3.63, 3.8) is 0 Å². The number of piperidine rings is 1. The Morgan fingerprint density at radius 3 is 2.70 bits per heavy atom. The highest BCUT2D eigenvalue weighted by Gasteiger charge is 2.27. The van der Waals surface area contributed by atoms with E-state index in [2.05, 4.69) is 16.7 Å². The molecule has 0 aromatic rings. The predicted molar refractivity (Wildman–Crippen MR) is 87.3 cm³/mol. The van der Waals surface area contributed by atoms with Crippen molar-refractivity contribution in [1.29, 1.82) is 0 Å². The van der Waals surface area contributed by atoms with E-state index in [0.717, 1.165) is 38.1 Å². The van der Waals surface area contributed by atoms with Gasteiger partial charge in [-0.3, -0.25) is 4.79 Å². The van der Waals surface area contributed by atoms with Crippen LogP contribution in [0.2, 0.25) is 0 Å². The first kappa shape index (κ1) is 16.2. The summed E-state index contributed by atoms with van der Waals surface area (Å²) in [4.78, 5) is 17.3. The normalized spacial score (nSPS) is 25.4. The molecule has 1 atom stereocenters. The molecule has 4 heteroatoms. The molecule has 2 aliphatic rings. The monoisotopic (exact) mass is 298 g/mol. The molecule has 1 unspecified atom stereocenters. The molecule has 20 heavy (non-hydrogen) atoms. The molecule has 0 aromatic heterocycles. The van der Waals surface area contributed by atoms with Crippen LogP contribution in [0.25, 0.3) is 0 Å². The fraction of sp³-hybridized carbons (Fsp3) is 0.938. The van der Waals surface area contributed by atoms with Gasteiger partial charge in [0.1, 0.15) is 0 Å². The second kappa shape index (κ2) is 8.93. The minimum absolute atomic E-state index is 0.399. The van der Waals surface area contributed by atoms with Crippen LogP contribution in [0.3, 0.4) is 0 Å². The molecule has 2 saturated heterocycles. The van der Waals surface area contributed by atoms with Crippen LogP contribution in [0.15, 0.2) is 0 Å². The van der Waals surface area contributed by atoms with Gasteiger partial charge >= 0.3 is 0 Å². The van der Waals surface area contributed by atoms with E-state index in [-0.39, 0.29) is 0 Å². The second-order valence-corrected chi connectivity index (χ2v) is 7.28. The van der Waals surface area contributed by atoms with Crippen molar-refractivity contribution in [1.82, 2.24) is 9.80 Å². The van der Waals surface area contributed by atoms with E-state index < -0.39 is 0 Å². The van der Waals surface area contributed by atoms with E-state index in [0.29, 0.717) is 11.9 Å². The second-order valence-electron chi connectivity index (χ2n) is 6.13. The number of hydrogen-bond donors (Lipinski definition) is 0. The molecule has 3 nitrogen and oxygen atoms in total. The van der Waals surface area contributed by atoms with Crippen LogP contribution in [0.5, 0.6) is 0 Å². The van der Waals surface area contributed by atoms with Gasteiger partial charge in [0.25, 0.3) is 0 Å². The summed E-state index contributed by atoms with van der Waals surface area (Å²) in [5.41, 5.74) is 0. The van der Waals surface area contributed by atoms with Crippen LogP contribution in [-0.2, 0) is 4.79 Å². The van der Waals surface area contributed by atoms with Crippen LogP contribution in [0, 0.1) is 0 Å². The van der Waals surface area contributed by atoms with E-state index in [1.54, 1.807) is 0 Å². The standard InChI is InChI=1S/C16H30N2OS/c1-2-3-8-16(19)18-11-7-12-20-14-15(18)13-17-9-5-4-6-10-17/h15H,2-14H2,1H3. The molecule has 2 fully saturated rings. The Labute approximate surface area is 128 Å². The van der Waals surface area contributed by atoms with E-state index in [1.807, 2.05) is 11.8 Å². The van der Waals surface area contributed by atoms with Gasteiger partial charge < -0.3 is 9.80 Å². The molecule has 0 aromatic carbocycles. The molecule has 116 valence electrons.